The maximum atomic E-state index is 12.6. The Balaban J connectivity index is 1.58. The standard InChI is InChI=1S/C19H21NO4/c21-18(16-11-12-17(24-16)19(22)23)20-13-5-10-15(20)9-4-8-14-6-2-1-3-7-14/h1-3,6-7,11-12,15H,4-5,8-10,13H2,(H,22,23). The largest absolute Gasteiger partial charge is 0.475 e. The van der Waals surface area contributed by atoms with Crippen LogP contribution in [0.4, 0.5) is 0 Å². The lowest BCUT2D eigenvalue weighted by atomic mass is 10.0. The molecular weight excluding hydrogens is 306 g/mol. The van der Waals surface area contributed by atoms with Gasteiger partial charge in [-0.25, -0.2) is 4.79 Å². The Hall–Kier alpha value is -2.56. The van der Waals surface area contributed by atoms with Crippen molar-refractivity contribution in [3.05, 3.63) is 59.5 Å². The zero-order valence-corrected chi connectivity index (χ0v) is 13.5. The number of likely N-dealkylation sites (tertiary alicyclic amines) is 1. The number of nitrogens with zero attached hydrogens (tertiary/aromatic N) is 1. The topological polar surface area (TPSA) is 70.8 Å². The Bertz CT molecular complexity index is 707. The highest BCUT2D eigenvalue weighted by molar-refractivity contribution is 5.93. The van der Waals surface area contributed by atoms with Crippen LogP contribution in [0, 0.1) is 0 Å². The van der Waals surface area contributed by atoms with Crippen LogP contribution in [0.25, 0.3) is 0 Å². The van der Waals surface area contributed by atoms with Crippen LogP contribution in [-0.4, -0.2) is 34.5 Å². The third kappa shape index (κ3) is 3.67. The van der Waals surface area contributed by atoms with Crippen LogP contribution in [0.1, 0.15) is 52.4 Å². The minimum Gasteiger partial charge on any atom is -0.475 e. The number of carbonyl (C=O) groups excluding carboxylic acids is 1. The van der Waals surface area contributed by atoms with Gasteiger partial charge in [-0.15, -0.1) is 0 Å². The van der Waals surface area contributed by atoms with Gasteiger partial charge in [0.15, 0.2) is 5.76 Å². The number of carboxylic acid groups (broad SMARTS) is 1. The molecule has 1 fully saturated rings. The summed E-state index contributed by atoms with van der Waals surface area (Å²) in [4.78, 5) is 25.3. The molecule has 5 heteroatoms. The van der Waals surface area contributed by atoms with Crippen LogP contribution in [0.5, 0.6) is 0 Å². The van der Waals surface area contributed by atoms with E-state index in [9.17, 15) is 9.59 Å². The van der Waals surface area contributed by atoms with Crippen LogP contribution >= 0.6 is 0 Å². The Morgan fingerprint density at radius 1 is 1.12 bits per heavy atom. The first-order chi connectivity index (χ1) is 11.6. The van der Waals surface area contributed by atoms with Gasteiger partial charge in [0.2, 0.25) is 5.76 Å². The molecule has 1 aromatic heterocycles. The van der Waals surface area contributed by atoms with Gasteiger partial charge >= 0.3 is 5.97 Å². The highest BCUT2D eigenvalue weighted by Gasteiger charge is 2.30. The summed E-state index contributed by atoms with van der Waals surface area (Å²) in [6, 6.07) is 13.3. The number of benzene rings is 1. The van der Waals surface area contributed by atoms with E-state index in [0.717, 1.165) is 32.1 Å². The third-order valence-electron chi connectivity index (χ3n) is 4.51. The Labute approximate surface area is 140 Å². The first-order valence-electron chi connectivity index (χ1n) is 8.33. The molecular formula is C19H21NO4. The summed E-state index contributed by atoms with van der Waals surface area (Å²) in [5.74, 6) is -1.44. The number of amides is 1. The molecule has 0 aliphatic carbocycles. The molecule has 2 aromatic rings. The van der Waals surface area contributed by atoms with Gasteiger partial charge < -0.3 is 14.4 Å². The number of carbonyl (C=O) groups is 2. The van der Waals surface area contributed by atoms with Crippen molar-refractivity contribution in [2.45, 2.75) is 38.1 Å². The van der Waals surface area contributed by atoms with Crippen LogP contribution in [-0.2, 0) is 6.42 Å². The van der Waals surface area contributed by atoms with Gasteiger partial charge in [0, 0.05) is 12.6 Å². The van der Waals surface area contributed by atoms with Gasteiger partial charge in [-0.3, -0.25) is 4.79 Å². The molecule has 1 saturated heterocycles. The predicted octanol–water partition coefficient (Wildman–Crippen LogP) is 3.61. The van der Waals surface area contributed by atoms with E-state index in [0.29, 0.717) is 6.54 Å². The molecule has 2 heterocycles. The van der Waals surface area contributed by atoms with Crippen LogP contribution in [0.3, 0.4) is 0 Å². The first-order valence-corrected chi connectivity index (χ1v) is 8.33. The summed E-state index contributed by atoms with van der Waals surface area (Å²) < 4.78 is 5.15. The number of aryl methyl sites for hydroxylation is 1. The van der Waals surface area contributed by atoms with E-state index in [-0.39, 0.29) is 23.5 Å². The van der Waals surface area contributed by atoms with Crippen molar-refractivity contribution in [3.63, 3.8) is 0 Å². The monoisotopic (exact) mass is 327 g/mol. The molecule has 0 saturated carbocycles. The van der Waals surface area contributed by atoms with Crippen LogP contribution in [0.2, 0.25) is 0 Å². The maximum absolute atomic E-state index is 12.6. The van der Waals surface area contributed by atoms with Crippen molar-refractivity contribution in [1.29, 1.82) is 0 Å². The molecule has 5 nitrogen and oxygen atoms in total. The Kier molecular flexibility index (Phi) is 4.99. The van der Waals surface area contributed by atoms with E-state index in [2.05, 4.69) is 12.1 Å². The molecule has 126 valence electrons. The minimum atomic E-state index is -1.16. The predicted molar refractivity (Wildman–Crippen MR) is 89.1 cm³/mol. The van der Waals surface area contributed by atoms with Gasteiger partial charge in [-0.05, 0) is 49.8 Å². The molecule has 1 aliphatic heterocycles. The maximum Gasteiger partial charge on any atom is 0.371 e. The highest BCUT2D eigenvalue weighted by Crippen LogP contribution is 2.25. The summed E-state index contributed by atoms with van der Waals surface area (Å²) in [6.07, 6.45) is 4.95. The molecule has 0 radical (unpaired) electrons. The number of aromatic carboxylic acids is 1. The summed E-state index contributed by atoms with van der Waals surface area (Å²) in [5, 5.41) is 8.90. The molecule has 1 unspecified atom stereocenters. The molecule has 1 atom stereocenters. The van der Waals surface area contributed by atoms with E-state index in [4.69, 9.17) is 9.52 Å². The number of hydrogen-bond donors (Lipinski definition) is 1. The third-order valence-corrected chi connectivity index (χ3v) is 4.51. The van der Waals surface area contributed by atoms with Crippen LogP contribution in [0.15, 0.2) is 46.9 Å². The number of furan rings is 1. The second-order valence-corrected chi connectivity index (χ2v) is 6.14. The molecule has 3 rings (SSSR count). The second-order valence-electron chi connectivity index (χ2n) is 6.14. The zero-order valence-electron chi connectivity index (χ0n) is 13.5. The highest BCUT2D eigenvalue weighted by atomic mass is 16.4. The minimum absolute atomic E-state index is 0.113. The molecule has 0 spiro atoms. The molecule has 1 aromatic carbocycles. The van der Waals surface area contributed by atoms with Crippen molar-refractivity contribution in [1.82, 2.24) is 4.90 Å². The van der Waals surface area contributed by atoms with E-state index in [1.54, 1.807) is 0 Å². The smallest absolute Gasteiger partial charge is 0.371 e. The van der Waals surface area contributed by atoms with Crippen molar-refractivity contribution in [3.8, 4) is 0 Å². The number of hydrogen-bond acceptors (Lipinski definition) is 3. The summed E-state index contributed by atoms with van der Waals surface area (Å²) in [6.45, 7) is 0.706. The van der Waals surface area contributed by atoms with E-state index < -0.39 is 5.97 Å². The zero-order chi connectivity index (χ0) is 16.9. The quantitative estimate of drug-likeness (QED) is 0.880. The van der Waals surface area contributed by atoms with Gasteiger partial charge in [-0.2, -0.15) is 0 Å². The van der Waals surface area contributed by atoms with E-state index in [1.165, 1.54) is 17.7 Å². The Morgan fingerprint density at radius 2 is 1.88 bits per heavy atom. The molecule has 0 bridgehead atoms. The van der Waals surface area contributed by atoms with Crippen molar-refractivity contribution >= 4 is 11.9 Å². The molecule has 1 amide bonds. The van der Waals surface area contributed by atoms with Gasteiger partial charge in [0.05, 0.1) is 0 Å². The summed E-state index contributed by atoms with van der Waals surface area (Å²) >= 11 is 0. The lowest BCUT2D eigenvalue weighted by Gasteiger charge is -2.23. The van der Waals surface area contributed by atoms with Crippen molar-refractivity contribution < 1.29 is 19.1 Å². The molecule has 1 aliphatic rings. The average molecular weight is 327 g/mol. The summed E-state index contributed by atoms with van der Waals surface area (Å²) in [5.41, 5.74) is 1.31. The molecule has 1 N–H and O–H groups in total. The number of carboxylic acids is 1. The van der Waals surface area contributed by atoms with E-state index >= 15 is 0 Å². The normalized spacial score (nSPS) is 17.2. The van der Waals surface area contributed by atoms with Gasteiger partial charge in [0.1, 0.15) is 0 Å². The fourth-order valence-electron chi connectivity index (χ4n) is 3.30. The van der Waals surface area contributed by atoms with Gasteiger partial charge in [0.25, 0.3) is 5.91 Å². The second kappa shape index (κ2) is 7.34. The first kappa shape index (κ1) is 16.3. The average Bonchev–Trinajstić information content (AvgIpc) is 3.25. The number of rotatable bonds is 6. The molecule has 24 heavy (non-hydrogen) atoms. The lowest BCUT2D eigenvalue weighted by molar-refractivity contribution is 0.0644. The SMILES string of the molecule is O=C(O)c1ccc(C(=O)N2CCCC2CCCc2ccccc2)o1. The Morgan fingerprint density at radius 3 is 2.58 bits per heavy atom. The van der Waals surface area contributed by atoms with Gasteiger partial charge in [-0.1, -0.05) is 30.3 Å². The summed E-state index contributed by atoms with van der Waals surface area (Å²) in [7, 11) is 0. The fourth-order valence-corrected chi connectivity index (χ4v) is 3.30. The lowest BCUT2D eigenvalue weighted by Crippen LogP contribution is -2.35. The van der Waals surface area contributed by atoms with E-state index in [1.807, 2.05) is 23.1 Å². The fraction of sp³-hybridized carbons (Fsp3) is 0.368. The van der Waals surface area contributed by atoms with Crippen LogP contribution < -0.4 is 0 Å². The van der Waals surface area contributed by atoms with Crippen molar-refractivity contribution in [2.75, 3.05) is 6.54 Å². The van der Waals surface area contributed by atoms with Crippen molar-refractivity contribution in [2.24, 2.45) is 0 Å².